The van der Waals surface area contributed by atoms with Gasteiger partial charge < -0.3 is 4.98 Å². The number of aromatic amines is 1. The fourth-order valence-electron chi connectivity index (χ4n) is 2.39. The van der Waals surface area contributed by atoms with Gasteiger partial charge in [-0.2, -0.15) is 0 Å². The molecule has 0 bridgehead atoms. The van der Waals surface area contributed by atoms with E-state index in [-0.39, 0.29) is 0 Å². The number of benzene rings is 1. The SMILES string of the molecule is CCc1c(C)[nH]c(-c2ccc3ncccc3c2)nc1=S. The van der Waals surface area contributed by atoms with Crippen LogP contribution in [0.2, 0.25) is 0 Å². The molecule has 0 saturated carbocycles. The molecule has 3 aromatic rings. The van der Waals surface area contributed by atoms with Crippen molar-refractivity contribution in [3.63, 3.8) is 0 Å². The number of aromatic nitrogens is 3. The standard InChI is InChI=1S/C16H15N3S/c1-3-13-10(2)18-15(19-16(13)20)12-6-7-14-11(9-12)5-4-8-17-14/h4-9H,3H2,1-2H3,(H,18,19,20). The van der Waals surface area contributed by atoms with Gasteiger partial charge in [-0.25, -0.2) is 4.98 Å². The lowest BCUT2D eigenvalue weighted by atomic mass is 10.1. The quantitative estimate of drug-likeness (QED) is 0.715. The summed E-state index contributed by atoms with van der Waals surface area (Å²) in [6, 6.07) is 10.1. The highest BCUT2D eigenvalue weighted by molar-refractivity contribution is 7.71. The van der Waals surface area contributed by atoms with Crippen molar-refractivity contribution in [2.75, 3.05) is 0 Å². The van der Waals surface area contributed by atoms with Gasteiger partial charge in [0, 0.05) is 28.4 Å². The molecule has 0 aliphatic rings. The van der Waals surface area contributed by atoms with Crippen LogP contribution in [0.3, 0.4) is 0 Å². The predicted molar refractivity (Wildman–Crippen MR) is 84.3 cm³/mol. The van der Waals surface area contributed by atoms with Crippen molar-refractivity contribution in [2.24, 2.45) is 0 Å². The highest BCUT2D eigenvalue weighted by Gasteiger charge is 2.06. The molecule has 0 unspecified atom stereocenters. The third-order valence-corrected chi connectivity index (χ3v) is 3.80. The molecule has 3 nitrogen and oxygen atoms in total. The fourth-order valence-corrected chi connectivity index (χ4v) is 2.78. The Morgan fingerprint density at radius 1 is 1.25 bits per heavy atom. The summed E-state index contributed by atoms with van der Waals surface area (Å²) in [4.78, 5) is 12.2. The molecular formula is C16H15N3S. The molecule has 0 aliphatic heterocycles. The van der Waals surface area contributed by atoms with Crippen molar-refractivity contribution in [3.8, 4) is 11.4 Å². The maximum absolute atomic E-state index is 5.38. The number of nitrogens with one attached hydrogen (secondary N) is 1. The Labute approximate surface area is 122 Å². The number of H-pyrrole nitrogens is 1. The lowest BCUT2D eigenvalue weighted by molar-refractivity contribution is 0.990. The highest BCUT2D eigenvalue weighted by Crippen LogP contribution is 2.22. The zero-order chi connectivity index (χ0) is 14.1. The number of aryl methyl sites for hydroxylation is 1. The van der Waals surface area contributed by atoms with Gasteiger partial charge in [-0.15, -0.1) is 0 Å². The maximum Gasteiger partial charge on any atom is 0.139 e. The monoisotopic (exact) mass is 281 g/mol. The summed E-state index contributed by atoms with van der Waals surface area (Å²) in [6.45, 7) is 4.14. The van der Waals surface area contributed by atoms with Gasteiger partial charge in [-0.1, -0.05) is 25.2 Å². The first-order valence-electron chi connectivity index (χ1n) is 6.64. The molecule has 0 amide bonds. The van der Waals surface area contributed by atoms with E-state index < -0.39 is 0 Å². The van der Waals surface area contributed by atoms with Crippen molar-refractivity contribution in [2.45, 2.75) is 20.3 Å². The molecular weight excluding hydrogens is 266 g/mol. The van der Waals surface area contributed by atoms with Crippen LogP contribution in [0.15, 0.2) is 36.5 Å². The molecule has 0 aliphatic carbocycles. The number of hydrogen-bond donors (Lipinski definition) is 1. The van der Waals surface area contributed by atoms with Gasteiger partial charge in [-0.05, 0) is 37.6 Å². The van der Waals surface area contributed by atoms with Crippen LogP contribution in [-0.4, -0.2) is 15.0 Å². The van der Waals surface area contributed by atoms with Crippen molar-refractivity contribution in [3.05, 3.63) is 52.4 Å². The second-order valence-electron chi connectivity index (χ2n) is 4.76. The van der Waals surface area contributed by atoms with E-state index in [1.165, 1.54) is 0 Å². The van der Waals surface area contributed by atoms with Crippen molar-refractivity contribution in [1.82, 2.24) is 15.0 Å². The van der Waals surface area contributed by atoms with Crippen LogP contribution in [-0.2, 0) is 6.42 Å². The summed E-state index contributed by atoms with van der Waals surface area (Å²) >= 11 is 5.38. The molecule has 0 saturated heterocycles. The molecule has 2 heterocycles. The third kappa shape index (κ3) is 2.23. The molecule has 20 heavy (non-hydrogen) atoms. The molecule has 3 rings (SSSR count). The normalized spacial score (nSPS) is 10.9. The van der Waals surface area contributed by atoms with Crippen LogP contribution < -0.4 is 0 Å². The minimum atomic E-state index is 0.685. The molecule has 1 aromatic carbocycles. The maximum atomic E-state index is 5.38. The summed E-state index contributed by atoms with van der Waals surface area (Å²) in [5.41, 5.74) is 4.22. The van der Waals surface area contributed by atoms with Crippen LogP contribution >= 0.6 is 12.2 Å². The van der Waals surface area contributed by atoms with Crippen LogP contribution in [0.5, 0.6) is 0 Å². The van der Waals surface area contributed by atoms with Gasteiger partial charge in [0.25, 0.3) is 0 Å². The topological polar surface area (TPSA) is 41.6 Å². The van der Waals surface area contributed by atoms with Gasteiger partial charge in [0.1, 0.15) is 10.5 Å². The van der Waals surface area contributed by atoms with Gasteiger partial charge in [0.15, 0.2) is 0 Å². The van der Waals surface area contributed by atoms with E-state index in [0.717, 1.165) is 40.0 Å². The fraction of sp³-hybridized carbons (Fsp3) is 0.188. The molecule has 0 fully saturated rings. The Hall–Kier alpha value is -2.07. The average Bonchev–Trinajstić information content (AvgIpc) is 2.46. The molecule has 2 aromatic heterocycles. The Balaban J connectivity index is 2.18. The van der Waals surface area contributed by atoms with E-state index in [2.05, 4.69) is 27.9 Å². The second kappa shape index (κ2) is 5.13. The Kier molecular flexibility index (Phi) is 3.32. The summed E-state index contributed by atoms with van der Waals surface area (Å²) in [5.74, 6) is 0.815. The highest BCUT2D eigenvalue weighted by atomic mass is 32.1. The molecule has 4 heteroatoms. The second-order valence-corrected chi connectivity index (χ2v) is 5.15. The summed E-state index contributed by atoms with van der Waals surface area (Å²) in [6.07, 6.45) is 2.70. The van der Waals surface area contributed by atoms with E-state index in [1.807, 2.05) is 31.2 Å². The number of nitrogens with zero attached hydrogens (tertiary/aromatic N) is 2. The van der Waals surface area contributed by atoms with E-state index >= 15 is 0 Å². The summed E-state index contributed by atoms with van der Waals surface area (Å²) in [7, 11) is 0. The van der Waals surface area contributed by atoms with Crippen LogP contribution in [0.1, 0.15) is 18.2 Å². The number of fused-ring (bicyclic) bond motifs is 1. The molecule has 0 spiro atoms. The van der Waals surface area contributed by atoms with Crippen LogP contribution in [0.25, 0.3) is 22.3 Å². The zero-order valence-corrected chi connectivity index (χ0v) is 12.3. The van der Waals surface area contributed by atoms with E-state index in [9.17, 15) is 0 Å². The van der Waals surface area contributed by atoms with E-state index in [1.54, 1.807) is 6.20 Å². The molecule has 100 valence electrons. The average molecular weight is 281 g/mol. The first-order valence-corrected chi connectivity index (χ1v) is 7.05. The molecule has 0 radical (unpaired) electrons. The number of rotatable bonds is 2. The van der Waals surface area contributed by atoms with E-state index in [4.69, 9.17) is 12.2 Å². The Bertz CT molecular complexity index is 836. The van der Waals surface area contributed by atoms with Crippen LogP contribution in [0, 0.1) is 11.6 Å². The van der Waals surface area contributed by atoms with Gasteiger partial charge >= 0.3 is 0 Å². The number of hydrogen-bond acceptors (Lipinski definition) is 3. The smallest absolute Gasteiger partial charge is 0.139 e. The van der Waals surface area contributed by atoms with Crippen molar-refractivity contribution in [1.29, 1.82) is 0 Å². The minimum Gasteiger partial charge on any atom is -0.343 e. The minimum absolute atomic E-state index is 0.685. The first-order chi connectivity index (χ1) is 9.69. The van der Waals surface area contributed by atoms with Gasteiger partial charge in [0.05, 0.1) is 5.52 Å². The van der Waals surface area contributed by atoms with E-state index in [0.29, 0.717) is 4.64 Å². The summed E-state index contributed by atoms with van der Waals surface area (Å²) < 4.78 is 0.685. The Morgan fingerprint density at radius 2 is 2.10 bits per heavy atom. The lowest BCUT2D eigenvalue weighted by Gasteiger charge is -2.08. The summed E-state index contributed by atoms with van der Waals surface area (Å²) in [5, 5.41) is 1.10. The largest absolute Gasteiger partial charge is 0.343 e. The Morgan fingerprint density at radius 3 is 2.85 bits per heavy atom. The van der Waals surface area contributed by atoms with Crippen molar-refractivity contribution < 1.29 is 0 Å². The van der Waals surface area contributed by atoms with Crippen LogP contribution in [0.4, 0.5) is 0 Å². The van der Waals surface area contributed by atoms with Gasteiger partial charge in [0.2, 0.25) is 0 Å². The predicted octanol–water partition coefficient (Wildman–Crippen LogP) is 4.23. The molecule has 1 N–H and O–H groups in total. The zero-order valence-electron chi connectivity index (χ0n) is 11.5. The number of pyridine rings is 1. The van der Waals surface area contributed by atoms with Crippen molar-refractivity contribution >= 4 is 23.1 Å². The third-order valence-electron chi connectivity index (χ3n) is 3.46. The lowest BCUT2D eigenvalue weighted by Crippen LogP contribution is -1.99. The molecule has 0 atom stereocenters. The van der Waals surface area contributed by atoms with Gasteiger partial charge in [-0.3, -0.25) is 4.98 Å². The first kappa shape index (κ1) is 12.9.